The summed E-state index contributed by atoms with van der Waals surface area (Å²) in [6, 6.07) is 9.58. The Morgan fingerprint density at radius 2 is 2.19 bits per heavy atom. The Morgan fingerprint density at radius 3 is 2.92 bits per heavy atom. The van der Waals surface area contributed by atoms with Crippen LogP contribution in [0.5, 0.6) is 5.75 Å². The summed E-state index contributed by atoms with van der Waals surface area (Å²) in [7, 11) is 0. The number of pyridine rings is 1. The topological polar surface area (TPSA) is 84.6 Å². The molecular weight excluding hydrogens is 332 g/mol. The number of hydrogen-bond donors (Lipinski definition) is 2. The molecule has 0 saturated heterocycles. The van der Waals surface area contributed by atoms with Crippen molar-refractivity contribution in [3.63, 3.8) is 0 Å². The maximum atomic E-state index is 11.2. The van der Waals surface area contributed by atoms with Gasteiger partial charge in [0.05, 0.1) is 12.0 Å². The number of carbonyl (C=O) groups is 1. The third kappa shape index (κ3) is 3.86. The third-order valence-electron chi connectivity index (χ3n) is 4.32. The molecule has 0 aliphatic carbocycles. The van der Waals surface area contributed by atoms with Gasteiger partial charge >= 0.3 is 5.97 Å². The number of benzene rings is 1. The minimum absolute atomic E-state index is 0.0389. The monoisotopic (exact) mass is 354 g/mol. The minimum atomic E-state index is -1.07. The van der Waals surface area contributed by atoms with Crippen molar-refractivity contribution in [2.45, 2.75) is 26.3 Å². The van der Waals surface area contributed by atoms with Crippen LogP contribution in [0, 0.1) is 6.92 Å². The molecule has 0 saturated carbocycles. The van der Waals surface area contributed by atoms with Crippen LogP contribution in [0.1, 0.15) is 41.1 Å². The Labute approximate surface area is 151 Å². The van der Waals surface area contributed by atoms with Crippen molar-refractivity contribution in [2.75, 3.05) is 13.2 Å². The van der Waals surface area contributed by atoms with Crippen LogP contribution in [-0.2, 0) is 0 Å². The number of nitrogens with zero attached hydrogens (tertiary/aromatic N) is 1. The number of hydrogen-bond acceptors (Lipinski definition) is 5. The molecule has 0 aliphatic rings. The molecule has 1 aromatic carbocycles. The third-order valence-corrected chi connectivity index (χ3v) is 4.32. The first-order chi connectivity index (χ1) is 12.6. The highest BCUT2D eigenvalue weighted by Crippen LogP contribution is 2.33. The van der Waals surface area contributed by atoms with Crippen molar-refractivity contribution in [2.24, 2.45) is 0 Å². The van der Waals surface area contributed by atoms with E-state index >= 15 is 0 Å². The van der Waals surface area contributed by atoms with Crippen LogP contribution in [0.25, 0.3) is 11.0 Å². The van der Waals surface area contributed by atoms with E-state index in [0.29, 0.717) is 23.5 Å². The van der Waals surface area contributed by atoms with Crippen LogP contribution in [0.3, 0.4) is 0 Å². The number of ether oxygens (including phenoxy) is 1. The van der Waals surface area contributed by atoms with Crippen LogP contribution in [0.2, 0.25) is 0 Å². The number of fused-ring (bicyclic) bond motifs is 1. The highest BCUT2D eigenvalue weighted by molar-refractivity contribution is 5.97. The number of rotatable bonds is 8. The average molecular weight is 354 g/mol. The molecule has 3 rings (SSSR count). The van der Waals surface area contributed by atoms with E-state index in [-0.39, 0.29) is 11.8 Å². The molecule has 2 N–H and O–H groups in total. The first-order valence-corrected chi connectivity index (χ1v) is 8.59. The van der Waals surface area contributed by atoms with Crippen LogP contribution in [0.15, 0.2) is 47.1 Å². The largest absolute Gasteiger partial charge is 0.493 e. The van der Waals surface area contributed by atoms with E-state index in [0.717, 1.165) is 23.9 Å². The number of carboxylic acid groups (broad SMARTS) is 1. The molecule has 0 radical (unpaired) electrons. The fourth-order valence-electron chi connectivity index (χ4n) is 2.91. The Kier molecular flexibility index (Phi) is 5.53. The summed E-state index contributed by atoms with van der Waals surface area (Å²) >= 11 is 0. The second kappa shape index (κ2) is 8.01. The van der Waals surface area contributed by atoms with Gasteiger partial charge in [-0.2, -0.15) is 0 Å². The summed E-state index contributed by atoms with van der Waals surface area (Å²) in [5.41, 5.74) is 2.26. The number of furan rings is 1. The molecule has 0 bridgehead atoms. The van der Waals surface area contributed by atoms with E-state index in [4.69, 9.17) is 9.15 Å². The van der Waals surface area contributed by atoms with Gasteiger partial charge in [-0.05, 0) is 50.6 Å². The van der Waals surface area contributed by atoms with Crippen molar-refractivity contribution >= 4 is 16.9 Å². The van der Waals surface area contributed by atoms with Gasteiger partial charge in [-0.25, -0.2) is 4.79 Å². The second-order valence-electron chi connectivity index (χ2n) is 6.15. The zero-order valence-electron chi connectivity index (χ0n) is 14.9. The standard InChI is InChI=1S/C20H22N2O4/c1-13-18-16(7-3-8-17(18)26-19(13)20(23)24)25-11-5-10-22-14(2)15-6-4-9-21-12-15/h3-4,6-9,12,14,22H,5,10-11H2,1-2H3,(H,23,24). The average Bonchev–Trinajstić information content (AvgIpc) is 3.00. The Balaban J connectivity index is 1.56. The summed E-state index contributed by atoms with van der Waals surface area (Å²) in [6.07, 6.45) is 4.44. The molecule has 2 heterocycles. The van der Waals surface area contributed by atoms with E-state index in [2.05, 4.69) is 17.2 Å². The smallest absolute Gasteiger partial charge is 0.372 e. The summed E-state index contributed by atoms with van der Waals surface area (Å²) in [6.45, 7) is 5.16. The lowest BCUT2D eigenvalue weighted by Gasteiger charge is -2.14. The lowest BCUT2D eigenvalue weighted by molar-refractivity contribution is 0.0664. The number of aromatic nitrogens is 1. The van der Waals surface area contributed by atoms with Gasteiger partial charge in [-0.1, -0.05) is 12.1 Å². The van der Waals surface area contributed by atoms with Gasteiger partial charge in [0.15, 0.2) is 0 Å². The first-order valence-electron chi connectivity index (χ1n) is 8.59. The van der Waals surface area contributed by atoms with Gasteiger partial charge in [0.25, 0.3) is 0 Å². The molecular formula is C20H22N2O4. The molecule has 1 atom stereocenters. The Bertz CT molecular complexity index is 889. The number of nitrogens with one attached hydrogen (secondary N) is 1. The van der Waals surface area contributed by atoms with Crippen LogP contribution in [-0.4, -0.2) is 29.2 Å². The van der Waals surface area contributed by atoms with Crippen molar-refractivity contribution in [1.29, 1.82) is 0 Å². The van der Waals surface area contributed by atoms with Gasteiger partial charge in [-0.3, -0.25) is 4.98 Å². The molecule has 2 aromatic heterocycles. The van der Waals surface area contributed by atoms with Gasteiger partial charge in [0.2, 0.25) is 5.76 Å². The lowest BCUT2D eigenvalue weighted by Crippen LogP contribution is -2.21. The molecule has 136 valence electrons. The lowest BCUT2D eigenvalue weighted by atomic mass is 10.1. The normalized spacial score (nSPS) is 12.2. The van der Waals surface area contributed by atoms with Gasteiger partial charge in [0, 0.05) is 24.0 Å². The van der Waals surface area contributed by atoms with Gasteiger partial charge < -0.3 is 19.6 Å². The fraction of sp³-hybridized carbons (Fsp3) is 0.300. The van der Waals surface area contributed by atoms with E-state index in [1.54, 1.807) is 25.3 Å². The number of aryl methyl sites for hydroxylation is 1. The van der Waals surface area contributed by atoms with Crippen LogP contribution in [0.4, 0.5) is 0 Å². The van der Waals surface area contributed by atoms with Crippen molar-refractivity contribution in [3.8, 4) is 5.75 Å². The van der Waals surface area contributed by atoms with Crippen LogP contribution >= 0.6 is 0 Å². The van der Waals surface area contributed by atoms with E-state index in [1.165, 1.54) is 0 Å². The molecule has 0 spiro atoms. The molecule has 6 heteroatoms. The van der Waals surface area contributed by atoms with Crippen molar-refractivity contribution in [3.05, 3.63) is 59.6 Å². The predicted octanol–water partition coefficient (Wildman–Crippen LogP) is 3.95. The first kappa shape index (κ1) is 17.9. The van der Waals surface area contributed by atoms with E-state index in [9.17, 15) is 9.90 Å². The highest BCUT2D eigenvalue weighted by atomic mass is 16.5. The molecule has 6 nitrogen and oxygen atoms in total. The maximum Gasteiger partial charge on any atom is 0.372 e. The summed E-state index contributed by atoms with van der Waals surface area (Å²) in [5.74, 6) is -0.460. The Morgan fingerprint density at radius 1 is 1.35 bits per heavy atom. The summed E-state index contributed by atoms with van der Waals surface area (Å²) in [4.78, 5) is 15.4. The molecule has 3 aromatic rings. The van der Waals surface area contributed by atoms with Crippen LogP contribution < -0.4 is 10.1 Å². The fourth-order valence-corrected chi connectivity index (χ4v) is 2.91. The Hall–Kier alpha value is -2.86. The van der Waals surface area contributed by atoms with Crippen molar-refractivity contribution in [1.82, 2.24) is 10.3 Å². The molecule has 1 unspecified atom stereocenters. The number of aromatic carboxylic acids is 1. The molecule has 0 aliphatic heterocycles. The zero-order chi connectivity index (χ0) is 18.5. The predicted molar refractivity (Wildman–Crippen MR) is 98.7 cm³/mol. The van der Waals surface area contributed by atoms with Crippen molar-refractivity contribution < 1.29 is 19.1 Å². The van der Waals surface area contributed by atoms with Gasteiger partial charge in [0.1, 0.15) is 11.3 Å². The minimum Gasteiger partial charge on any atom is -0.493 e. The van der Waals surface area contributed by atoms with E-state index in [1.807, 2.05) is 24.4 Å². The molecule has 0 amide bonds. The summed E-state index contributed by atoms with van der Waals surface area (Å²) in [5, 5.41) is 13.4. The second-order valence-corrected chi connectivity index (χ2v) is 6.15. The molecule has 26 heavy (non-hydrogen) atoms. The number of carboxylic acids is 1. The SMILES string of the molecule is Cc1c(C(=O)O)oc2cccc(OCCCNC(C)c3cccnc3)c12. The maximum absolute atomic E-state index is 11.2. The zero-order valence-corrected chi connectivity index (χ0v) is 14.9. The summed E-state index contributed by atoms with van der Waals surface area (Å²) < 4.78 is 11.3. The van der Waals surface area contributed by atoms with E-state index < -0.39 is 5.97 Å². The molecule has 0 fully saturated rings. The van der Waals surface area contributed by atoms with Gasteiger partial charge in [-0.15, -0.1) is 0 Å². The highest BCUT2D eigenvalue weighted by Gasteiger charge is 2.19. The quantitative estimate of drug-likeness (QED) is 0.596.